The van der Waals surface area contributed by atoms with Crippen LogP contribution in [0.4, 0.5) is 11.4 Å². The number of hydrogen-bond donors (Lipinski definition) is 2. The summed E-state index contributed by atoms with van der Waals surface area (Å²) in [5.41, 5.74) is 3.42. The lowest BCUT2D eigenvalue weighted by Gasteiger charge is -2.18. The summed E-state index contributed by atoms with van der Waals surface area (Å²) < 4.78 is 1.12. The van der Waals surface area contributed by atoms with Crippen molar-refractivity contribution in [3.05, 3.63) is 76.1 Å². The van der Waals surface area contributed by atoms with Gasteiger partial charge in [0.2, 0.25) is 11.8 Å². The van der Waals surface area contributed by atoms with Crippen molar-refractivity contribution in [2.24, 2.45) is 0 Å². The lowest BCUT2D eigenvalue weighted by Crippen LogP contribution is -2.35. The lowest BCUT2D eigenvalue weighted by atomic mass is 10.1. The van der Waals surface area contributed by atoms with Gasteiger partial charge in [0.05, 0.1) is 5.69 Å². The Bertz CT molecular complexity index is 1170. The van der Waals surface area contributed by atoms with Crippen LogP contribution in [0.3, 0.4) is 0 Å². The van der Waals surface area contributed by atoms with E-state index in [4.69, 9.17) is 0 Å². The molecular weight excluding hydrogens is 392 g/mol. The molecule has 1 aromatic heterocycles. The van der Waals surface area contributed by atoms with E-state index in [1.807, 2.05) is 62.4 Å². The van der Waals surface area contributed by atoms with Gasteiger partial charge < -0.3 is 10.6 Å². The predicted molar refractivity (Wildman–Crippen MR) is 122 cm³/mol. The second-order valence-electron chi connectivity index (χ2n) is 7.44. The topological polar surface area (TPSA) is 93.1 Å². The van der Waals surface area contributed by atoms with Crippen molar-refractivity contribution >= 4 is 23.2 Å². The average molecular weight is 418 g/mol. The van der Waals surface area contributed by atoms with Crippen LogP contribution in [-0.4, -0.2) is 21.6 Å². The first kappa shape index (κ1) is 22.0. The standard InChI is InChI=1S/C24H26N4O3/c1-5-22(29)25-21-14-20(18-9-7-6-8-10-18)27-28(24(21)31)17(4)23(30)26-19-13-15(2)11-12-16(19)3/h6-14,17H,5H2,1-4H3,(H,25,29)(H,26,30)/t17-/m0/s1. The Labute approximate surface area is 181 Å². The number of aromatic nitrogens is 2. The summed E-state index contributed by atoms with van der Waals surface area (Å²) >= 11 is 0. The second-order valence-corrected chi connectivity index (χ2v) is 7.44. The van der Waals surface area contributed by atoms with Gasteiger partial charge in [0, 0.05) is 17.7 Å². The second kappa shape index (κ2) is 9.38. The smallest absolute Gasteiger partial charge is 0.291 e. The van der Waals surface area contributed by atoms with Crippen molar-refractivity contribution in [3.8, 4) is 11.3 Å². The zero-order valence-electron chi connectivity index (χ0n) is 18.1. The number of nitrogens with zero attached hydrogens (tertiary/aromatic N) is 2. The third-order valence-electron chi connectivity index (χ3n) is 5.00. The molecule has 0 aliphatic heterocycles. The number of carbonyl (C=O) groups excluding carboxylic acids is 2. The molecule has 2 aromatic carbocycles. The summed E-state index contributed by atoms with van der Waals surface area (Å²) in [4.78, 5) is 37.9. The molecule has 0 fully saturated rings. The molecule has 160 valence electrons. The van der Waals surface area contributed by atoms with Crippen molar-refractivity contribution in [1.82, 2.24) is 9.78 Å². The molecule has 0 bridgehead atoms. The molecule has 31 heavy (non-hydrogen) atoms. The summed E-state index contributed by atoms with van der Waals surface area (Å²) in [5, 5.41) is 9.94. The van der Waals surface area contributed by atoms with E-state index < -0.39 is 11.6 Å². The average Bonchev–Trinajstić information content (AvgIpc) is 2.77. The molecule has 0 unspecified atom stereocenters. The van der Waals surface area contributed by atoms with E-state index in [9.17, 15) is 14.4 Å². The van der Waals surface area contributed by atoms with E-state index in [-0.39, 0.29) is 23.9 Å². The van der Waals surface area contributed by atoms with Gasteiger partial charge in [-0.2, -0.15) is 5.10 Å². The summed E-state index contributed by atoms with van der Waals surface area (Å²) in [5.74, 6) is -0.664. The maximum Gasteiger partial charge on any atom is 0.291 e. The lowest BCUT2D eigenvalue weighted by molar-refractivity contribution is -0.119. The third-order valence-corrected chi connectivity index (χ3v) is 5.00. The van der Waals surface area contributed by atoms with Crippen LogP contribution in [0, 0.1) is 13.8 Å². The zero-order valence-corrected chi connectivity index (χ0v) is 18.1. The van der Waals surface area contributed by atoms with Crippen LogP contribution in [0.15, 0.2) is 59.4 Å². The van der Waals surface area contributed by atoms with Crippen molar-refractivity contribution in [1.29, 1.82) is 0 Å². The highest BCUT2D eigenvalue weighted by molar-refractivity contribution is 5.94. The molecule has 3 aromatic rings. The van der Waals surface area contributed by atoms with Gasteiger partial charge in [0.15, 0.2) is 0 Å². The molecule has 0 aliphatic carbocycles. The molecule has 0 radical (unpaired) electrons. The van der Waals surface area contributed by atoms with Crippen LogP contribution in [0.25, 0.3) is 11.3 Å². The number of nitrogens with one attached hydrogen (secondary N) is 2. The van der Waals surface area contributed by atoms with Gasteiger partial charge in [-0.3, -0.25) is 14.4 Å². The number of aryl methyl sites for hydroxylation is 2. The molecule has 0 spiro atoms. The van der Waals surface area contributed by atoms with Gasteiger partial charge in [0.25, 0.3) is 5.56 Å². The molecule has 7 nitrogen and oxygen atoms in total. The van der Waals surface area contributed by atoms with E-state index in [2.05, 4.69) is 15.7 Å². The Morgan fingerprint density at radius 1 is 1.00 bits per heavy atom. The zero-order chi connectivity index (χ0) is 22.5. The van der Waals surface area contributed by atoms with Crippen LogP contribution >= 0.6 is 0 Å². The fourth-order valence-electron chi connectivity index (χ4n) is 3.07. The Morgan fingerprint density at radius 3 is 2.39 bits per heavy atom. The van der Waals surface area contributed by atoms with Gasteiger partial charge in [-0.25, -0.2) is 4.68 Å². The Kier molecular flexibility index (Phi) is 6.65. The first-order chi connectivity index (χ1) is 14.8. The summed E-state index contributed by atoms with van der Waals surface area (Å²) in [6, 6.07) is 15.7. The minimum Gasteiger partial charge on any atom is -0.324 e. The molecule has 3 rings (SSSR count). The Hall–Kier alpha value is -3.74. The minimum absolute atomic E-state index is 0.0899. The molecule has 2 amide bonds. The van der Waals surface area contributed by atoms with Crippen molar-refractivity contribution in [2.45, 2.75) is 40.2 Å². The van der Waals surface area contributed by atoms with E-state index in [0.717, 1.165) is 21.4 Å². The highest BCUT2D eigenvalue weighted by atomic mass is 16.2. The highest BCUT2D eigenvalue weighted by Crippen LogP contribution is 2.21. The molecule has 0 saturated carbocycles. The predicted octanol–water partition coefficient (Wildman–Crippen LogP) is 4.08. The van der Waals surface area contributed by atoms with E-state index in [1.165, 1.54) is 6.07 Å². The van der Waals surface area contributed by atoms with Gasteiger partial charge in [0.1, 0.15) is 11.7 Å². The summed E-state index contributed by atoms with van der Waals surface area (Å²) in [6.07, 6.45) is 0.227. The van der Waals surface area contributed by atoms with E-state index in [0.29, 0.717) is 11.4 Å². The first-order valence-corrected chi connectivity index (χ1v) is 10.2. The van der Waals surface area contributed by atoms with Crippen LogP contribution in [0.2, 0.25) is 0 Å². The van der Waals surface area contributed by atoms with Gasteiger partial charge in [-0.15, -0.1) is 0 Å². The maximum atomic E-state index is 13.0. The highest BCUT2D eigenvalue weighted by Gasteiger charge is 2.22. The largest absolute Gasteiger partial charge is 0.324 e. The van der Waals surface area contributed by atoms with Crippen LogP contribution in [-0.2, 0) is 9.59 Å². The number of benzene rings is 2. The summed E-state index contributed by atoms with van der Waals surface area (Å²) in [6.45, 7) is 7.15. The normalized spacial score (nSPS) is 11.6. The van der Waals surface area contributed by atoms with Gasteiger partial charge in [-0.05, 0) is 44.0 Å². The van der Waals surface area contributed by atoms with E-state index in [1.54, 1.807) is 13.8 Å². The molecular formula is C24H26N4O3. The molecule has 2 N–H and O–H groups in total. The van der Waals surface area contributed by atoms with Gasteiger partial charge >= 0.3 is 0 Å². The number of carbonyl (C=O) groups is 2. The minimum atomic E-state index is -0.895. The third kappa shape index (κ3) is 5.06. The maximum absolute atomic E-state index is 13.0. The van der Waals surface area contributed by atoms with Crippen LogP contribution in [0.1, 0.15) is 37.4 Å². The van der Waals surface area contributed by atoms with Crippen molar-refractivity contribution in [3.63, 3.8) is 0 Å². The molecule has 7 heteroatoms. The number of hydrogen-bond acceptors (Lipinski definition) is 4. The van der Waals surface area contributed by atoms with Crippen molar-refractivity contribution in [2.75, 3.05) is 10.6 Å². The molecule has 1 atom stereocenters. The Morgan fingerprint density at radius 2 is 1.71 bits per heavy atom. The monoisotopic (exact) mass is 418 g/mol. The number of rotatable bonds is 6. The SMILES string of the molecule is CCC(=O)Nc1cc(-c2ccccc2)nn([C@@H](C)C(=O)Nc2cc(C)ccc2C)c1=O. The molecule has 0 saturated heterocycles. The quantitative estimate of drug-likeness (QED) is 0.631. The van der Waals surface area contributed by atoms with E-state index >= 15 is 0 Å². The first-order valence-electron chi connectivity index (χ1n) is 10.2. The van der Waals surface area contributed by atoms with Crippen LogP contribution < -0.4 is 16.2 Å². The number of anilines is 2. The Balaban J connectivity index is 2.02. The summed E-state index contributed by atoms with van der Waals surface area (Å²) in [7, 11) is 0. The molecule has 1 heterocycles. The van der Waals surface area contributed by atoms with Crippen LogP contribution in [0.5, 0.6) is 0 Å². The fraction of sp³-hybridized carbons (Fsp3) is 0.250. The number of amides is 2. The van der Waals surface area contributed by atoms with Crippen molar-refractivity contribution < 1.29 is 9.59 Å². The van der Waals surface area contributed by atoms with Gasteiger partial charge in [-0.1, -0.05) is 49.4 Å². The fourth-order valence-corrected chi connectivity index (χ4v) is 3.07. The molecule has 0 aliphatic rings.